The Morgan fingerprint density at radius 1 is 1.32 bits per heavy atom. The number of nitrogens with zero attached hydrogens (tertiary/aromatic N) is 1. The Hall–Kier alpha value is -2.30. The first-order valence-electron chi connectivity index (χ1n) is 6.06. The van der Waals surface area contributed by atoms with Gasteiger partial charge in [0.2, 0.25) is 5.91 Å². The van der Waals surface area contributed by atoms with E-state index in [4.69, 9.17) is 10.5 Å². The molecule has 19 heavy (non-hydrogen) atoms. The fourth-order valence-corrected chi connectivity index (χ4v) is 2.00. The third-order valence-electron chi connectivity index (χ3n) is 2.92. The molecule has 2 rings (SSSR count). The van der Waals surface area contributed by atoms with Crippen LogP contribution in [0.5, 0.6) is 0 Å². The molecule has 0 aliphatic heterocycles. The van der Waals surface area contributed by atoms with E-state index >= 15 is 0 Å². The number of benzene rings is 1. The SMILES string of the molecule is Cc1cc2ccccc2n1CC(=O)OCCC(N)=O. The zero-order chi connectivity index (χ0) is 13.8. The number of nitrogens with two attached hydrogens (primary N) is 1. The number of hydrogen-bond donors (Lipinski definition) is 1. The molecule has 1 aromatic carbocycles. The second-order valence-corrected chi connectivity index (χ2v) is 4.37. The molecule has 1 amide bonds. The van der Waals surface area contributed by atoms with E-state index in [1.165, 1.54) is 0 Å². The lowest BCUT2D eigenvalue weighted by Crippen LogP contribution is -2.18. The van der Waals surface area contributed by atoms with Crippen molar-refractivity contribution in [1.82, 2.24) is 4.57 Å². The van der Waals surface area contributed by atoms with Crippen LogP contribution in [0.4, 0.5) is 0 Å². The minimum atomic E-state index is -0.476. The average molecular weight is 260 g/mol. The first kappa shape index (κ1) is 13.1. The van der Waals surface area contributed by atoms with Crippen LogP contribution in [0.1, 0.15) is 12.1 Å². The number of rotatable bonds is 5. The first-order valence-corrected chi connectivity index (χ1v) is 6.06. The molecule has 1 aromatic heterocycles. The molecular weight excluding hydrogens is 244 g/mol. The number of carbonyl (C=O) groups is 2. The molecule has 5 heteroatoms. The van der Waals surface area contributed by atoms with Crippen molar-refractivity contribution in [2.75, 3.05) is 6.61 Å². The van der Waals surface area contributed by atoms with E-state index < -0.39 is 5.91 Å². The van der Waals surface area contributed by atoms with Gasteiger partial charge in [0.15, 0.2) is 0 Å². The van der Waals surface area contributed by atoms with Crippen LogP contribution >= 0.6 is 0 Å². The second kappa shape index (κ2) is 5.56. The van der Waals surface area contributed by atoms with E-state index in [9.17, 15) is 9.59 Å². The standard InChI is InChI=1S/C14H16N2O3/c1-10-8-11-4-2-3-5-12(11)16(10)9-14(18)19-7-6-13(15)17/h2-5,8H,6-7,9H2,1H3,(H2,15,17). The molecule has 0 aliphatic rings. The number of amides is 1. The van der Waals surface area contributed by atoms with Crippen LogP contribution in [-0.2, 0) is 20.9 Å². The molecule has 0 saturated heterocycles. The smallest absolute Gasteiger partial charge is 0.325 e. The van der Waals surface area contributed by atoms with Crippen LogP contribution in [0.3, 0.4) is 0 Å². The van der Waals surface area contributed by atoms with Crippen molar-refractivity contribution < 1.29 is 14.3 Å². The number of carbonyl (C=O) groups excluding carboxylic acids is 2. The summed E-state index contributed by atoms with van der Waals surface area (Å²) in [6.45, 7) is 2.11. The van der Waals surface area contributed by atoms with Gasteiger partial charge in [-0.25, -0.2) is 0 Å². The maximum atomic E-state index is 11.7. The molecule has 1 heterocycles. The summed E-state index contributed by atoms with van der Waals surface area (Å²) < 4.78 is 6.86. The van der Waals surface area contributed by atoms with Crippen molar-refractivity contribution >= 4 is 22.8 Å². The largest absolute Gasteiger partial charge is 0.464 e. The lowest BCUT2D eigenvalue weighted by atomic mass is 10.2. The minimum absolute atomic E-state index is 0.0341. The monoisotopic (exact) mass is 260 g/mol. The minimum Gasteiger partial charge on any atom is -0.464 e. The van der Waals surface area contributed by atoms with Crippen molar-refractivity contribution in [2.45, 2.75) is 19.9 Å². The molecule has 0 bridgehead atoms. The molecule has 5 nitrogen and oxygen atoms in total. The molecule has 0 saturated carbocycles. The fraction of sp³-hybridized carbons (Fsp3) is 0.286. The number of aryl methyl sites for hydroxylation is 1. The molecular formula is C14H16N2O3. The Morgan fingerprint density at radius 3 is 2.79 bits per heavy atom. The Bertz CT molecular complexity index is 616. The van der Waals surface area contributed by atoms with Crippen molar-refractivity contribution in [1.29, 1.82) is 0 Å². The quantitative estimate of drug-likeness (QED) is 0.825. The number of esters is 1. The maximum absolute atomic E-state index is 11.7. The highest BCUT2D eigenvalue weighted by atomic mass is 16.5. The molecule has 0 spiro atoms. The van der Waals surface area contributed by atoms with Crippen molar-refractivity contribution in [3.8, 4) is 0 Å². The number of primary amides is 1. The Morgan fingerprint density at radius 2 is 2.05 bits per heavy atom. The van der Waals surface area contributed by atoms with Crippen molar-refractivity contribution in [3.05, 3.63) is 36.0 Å². The van der Waals surface area contributed by atoms with Gasteiger partial charge >= 0.3 is 5.97 Å². The van der Waals surface area contributed by atoms with Crippen LogP contribution < -0.4 is 5.73 Å². The molecule has 0 radical (unpaired) electrons. The van der Waals surface area contributed by atoms with Gasteiger partial charge in [-0.2, -0.15) is 0 Å². The van der Waals surface area contributed by atoms with Crippen LogP contribution in [0.15, 0.2) is 30.3 Å². The number of aromatic nitrogens is 1. The highest BCUT2D eigenvalue weighted by Crippen LogP contribution is 2.19. The van der Waals surface area contributed by atoms with Gasteiger partial charge in [-0.1, -0.05) is 18.2 Å². The van der Waals surface area contributed by atoms with Crippen LogP contribution in [0, 0.1) is 6.92 Å². The Kier molecular flexibility index (Phi) is 3.85. The van der Waals surface area contributed by atoms with Gasteiger partial charge in [0.05, 0.1) is 6.42 Å². The van der Waals surface area contributed by atoms with Gasteiger partial charge in [0, 0.05) is 11.2 Å². The number of para-hydroxylation sites is 1. The summed E-state index contributed by atoms with van der Waals surface area (Å²) in [4.78, 5) is 22.2. The number of fused-ring (bicyclic) bond motifs is 1. The summed E-state index contributed by atoms with van der Waals surface area (Å²) in [6, 6.07) is 9.86. The average Bonchev–Trinajstić information content (AvgIpc) is 2.66. The molecule has 2 aromatic rings. The molecule has 0 fully saturated rings. The van der Waals surface area contributed by atoms with Crippen molar-refractivity contribution in [3.63, 3.8) is 0 Å². The third kappa shape index (κ3) is 3.13. The summed E-state index contributed by atoms with van der Waals surface area (Å²) in [7, 11) is 0. The van der Waals surface area contributed by atoms with Gasteiger partial charge in [-0.15, -0.1) is 0 Å². The summed E-state index contributed by atoms with van der Waals surface area (Å²) in [5.41, 5.74) is 6.96. The van der Waals surface area contributed by atoms with Crippen LogP contribution in [0.25, 0.3) is 10.9 Å². The van der Waals surface area contributed by atoms with Crippen LogP contribution in [-0.4, -0.2) is 23.1 Å². The van der Waals surface area contributed by atoms with E-state index in [-0.39, 0.29) is 25.5 Å². The summed E-state index contributed by atoms with van der Waals surface area (Å²) >= 11 is 0. The van der Waals surface area contributed by atoms with E-state index in [0.717, 1.165) is 16.6 Å². The predicted molar refractivity (Wildman–Crippen MR) is 71.4 cm³/mol. The highest BCUT2D eigenvalue weighted by molar-refractivity contribution is 5.83. The predicted octanol–water partition coefficient (Wildman–Crippen LogP) is 1.37. The van der Waals surface area contributed by atoms with Gasteiger partial charge in [-0.05, 0) is 24.4 Å². The van der Waals surface area contributed by atoms with Gasteiger partial charge in [0.1, 0.15) is 13.2 Å². The van der Waals surface area contributed by atoms with Gasteiger partial charge < -0.3 is 15.0 Å². The number of hydrogen-bond acceptors (Lipinski definition) is 3. The summed E-state index contributed by atoms with van der Waals surface area (Å²) in [6.07, 6.45) is 0.0527. The Balaban J connectivity index is 2.06. The lowest BCUT2D eigenvalue weighted by molar-refractivity contribution is -0.144. The van der Waals surface area contributed by atoms with Gasteiger partial charge in [-0.3, -0.25) is 9.59 Å². The zero-order valence-corrected chi connectivity index (χ0v) is 10.8. The normalized spacial score (nSPS) is 10.6. The highest BCUT2D eigenvalue weighted by Gasteiger charge is 2.10. The van der Waals surface area contributed by atoms with E-state index in [2.05, 4.69) is 0 Å². The summed E-state index contributed by atoms with van der Waals surface area (Å²) in [5, 5.41) is 1.09. The van der Waals surface area contributed by atoms with E-state index in [1.54, 1.807) is 0 Å². The molecule has 0 aliphatic carbocycles. The van der Waals surface area contributed by atoms with Crippen molar-refractivity contribution in [2.24, 2.45) is 5.73 Å². The maximum Gasteiger partial charge on any atom is 0.325 e. The Labute approximate surface area is 110 Å². The van der Waals surface area contributed by atoms with Crippen LogP contribution in [0.2, 0.25) is 0 Å². The molecule has 2 N–H and O–H groups in total. The van der Waals surface area contributed by atoms with Gasteiger partial charge in [0.25, 0.3) is 0 Å². The topological polar surface area (TPSA) is 74.3 Å². The second-order valence-electron chi connectivity index (χ2n) is 4.37. The summed E-state index contributed by atoms with van der Waals surface area (Å²) in [5.74, 6) is -0.846. The number of ether oxygens (including phenoxy) is 1. The fourth-order valence-electron chi connectivity index (χ4n) is 2.00. The molecule has 100 valence electrons. The third-order valence-corrected chi connectivity index (χ3v) is 2.92. The zero-order valence-electron chi connectivity index (χ0n) is 10.8. The molecule has 0 unspecified atom stereocenters. The first-order chi connectivity index (χ1) is 9.08. The van der Waals surface area contributed by atoms with E-state index in [1.807, 2.05) is 41.8 Å². The lowest BCUT2D eigenvalue weighted by Gasteiger charge is -2.08. The van der Waals surface area contributed by atoms with E-state index in [0.29, 0.717) is 0 Å². The molecule has 0 atom stereocenters.